The van der Waals surface area contributed by atoms with Crippen molar-refractivity contribution in [1.82, 2.24) is 15.2 Å². The third kappa shape index (κ3) is 2.73. The van der Waals surface area contributed by atoms with E-state index >= 15 is 0 Å². The molecule has 0 aliphatic heterocycles. The van der Waals surface area contributed by atoms with Crippen LogP contribution in [0.4, 0.5) is 0 Å². The summed E-state index contributed by atoms with van der Waals surface area (Å²) in [6.07, 6.45) is 0. The molecule has 9 heteroatoms. The molecule has 3 aromatic rings. The van der Waals surface area contributed by atoms with E-state index in [1.54, 1.807) is 35.7 Å². The zero-order valence-electron chi connectivity index (χ0n) is 11.0. The van der Waals surface area contributed by atoms with E-state index in [2.05, 4.69) is 10.4 Å². The fourth-order valence-corrected chi connectivity index (χ4v) is 4.04. The summed E-state index contributed by atoms with van der Waals surface area (Å²) in [5, 5.41) is 2.56. The highest BCUT2D eigenvalue weighted by Gasteiger charge is 2.20. The fraction of sp³-hybridized carbons (Fsp3) is 0. The number of H-pyrrole nitrogens is 1. The Morgan fingerprint density at radius 2 is 1.95 bits per heavy atom. The summed E-state index contributed by atoms with van der Waals surface area (Å²) in [6, 6.07) is 10.2. The maximum Gasteiger partial charge on any atom is 0.284 e. The van der Waals surface area contributed by atoms with E-state index in [0.717, 1.165) is 11.3 Å². The Balaban J connectivity index is 1.81. The van der Waals surface area contributed by atoms with Crippen molar-refractivity contribution in [3.63, 3.8) is 0 Å². The maximum atomic E-state index is 12.1. The van der Waals surface area contributed by atoms with E-state index in [1.165, 1.54) is 6.07 Å². The lowest BCUT2D eigenvalue weighted by Gasteiger charge is -2.06. The first-order valence-electron chi connectivity index (χ1n) is 6.11. The number of thiophene rings is 1. The molecule has 0 aliphatic carbocycles. The van der Waals surface area contributed by atoms with Crippen LogP contribution in [-0.2, 0) is 10.0 Å². The number of sulfonamides is 1. The van der Waals surface area contributed by atoms with Crippen molar-refractivity contribution < 1.29 is 13.2 Å². The molecular weight excluding hydrogens is 346 g/mol. The van der Waals surface area contributed by atoms with Crippen LogP contribution < -0.4 is 10.3 Å². The normalized spacial score (nSPS) is 11.7. The van der Waals surface area contributed by atoms with Gasteiger partial charge in [-0.15, -0.1) is 16.2 Å². The Hall–Kier alpha value is -1.87. The highest BCUT2D eigenvalue weighted by molar-refractivity contribution is 7.91. The van der Waals surface area contributed by atoms with Gasteiger partial charge in [-0.1, -0.05) is 35.9 Å². The number of benzene rings is 1. The van der Waals surface area contributed by atoms with Crippen LogP contribution in [0.3, 0.4) is 0 Å². The van der Waals surface area contributed by atoms with Crippen molar-refractivity contribution >= 4 is 49.8 Å². The van der Waals surface area contributed by atoms with Crippen LogP contribution in [0.25, 0.3) is 10.9 Å². The molecule has 114 valence electrons. The Kier molecular flexibility index (Phi) is 3.92. The topological polar surface area (TPSA) is 91.1 Å². The number of rotatable bonds is 4. The predicted molar refractivity (Wildman–Crippen MR) is 85.4 cm³/mol. The van der Waals surface area contributed by atoms with E-state index in [4.69, 9.17) is 11.6 Å². The van der Waals surface area contributed by atoms with Gasteiger partial charge in [0.15, 0.2) is 0 Å². The molecule has 0 unspecified atom stereocenters. The number of carbonyl (C=O) groups is 1. The molecule has 2 heterocycles. The second kappa shape index (κ2) is 5.73. The second-order valence-corrected chi connectivity index (χ2v) is 7.59. The number of hydrogen-bond donors (Lipinski definition) is 3. The summed E-state index contributed by atoms with van der Waals surface area (Å²) in [7, 11) is -3.78. The summed E-state index contributed by atoms with van der Waals surface area (Å²) in [5.74, 6) is -0.665. The van der Waals surface area contributed by atoms with Crippen molar-refractivity contribution in [1.29, 1.82) is 0 Å². The summed E-state index contributed by atoms with van der Waals surface area (Å²) in [4.78, 5) is 17.0. The van der Waals surface area contributed by atoms with E-state index in [-0.39, 0.29) is 14.9 Å². The van der Waals surface area contributed by atoms with Crippen LogP contribution in [0.1, 0.15) is 10.5 Å². The van der Waals surface area contributed by atoms with Gasteiger partial charge in [0.1, 0.15) is 9.90 Å². The number of fused-ring (bicyclic) bond motifs is 1. The van der Waals surface area contributed by atoms with Gasteiger partial charge in [0.05, 0.1) is 5.02 Å². The molecule has 0 aliphatic rings. The predicted octanol–water partition coefficient (Wildman–Crippen LogP) is 2.51. The van der Waals surface area contributed by atoms with Crippen LogP contribution in [0.2, 0.25) is 5.02 Å². The molecule has 2 aromatic heterocycles. The molecule has 3 rings (SSSR count). The van der Waals surface area contributed by atoms with E-state index in [0.29, 0.717) is 10.9 Å². The summed E-state index contributed by atoms with van der Waals surface area (Å²) in [5.41, 5.74) is 2.93. The molecular formula is C13H10ClN3O3S2. The van der Waals surface area contributed by atoms with Crippen LogP contribution >= 0.6 is 22.9 Å². The molecule has 0 radical (unpaired) electrons. The first-order valence-corrected chi connectivity index (χ1v) is 8.85. The molecule has 22 heavy (non-hydrogen) atoms. The number of nitrogens with one attached hydrogen (secondary N) is 3. The molecule has 0 fully saturated rings. The molecule has 1 amide bonds. The minimum atomic E-state index is -3.78. The Bertz CT molecular complexity index is 933. The molecule has 0 bridgehead atoms. The summed E-state index contributed by atoms with van der Waals surface area (Å²) >= 11 is 7.18. The maximum absolute atomic E-state index is 12.1. The second-order valence-electron chi connectivity index (χ2n) is 4.35. The molecule has 3 N–H and O–H groups in total. The lowest BCUT2D eigenvalue weighted by Crippen LogP contribution is -2.41. The van der Waals surface area contributed by atoms with Crippen LogP contribution in [0.15, 0.2) is 46.0 Å². The van der Waals surface area contributed by atoms with Crippen LogP contribution in [-0.4, -0.2) is 19.3 Å². The van der Waals surface area contributed by atoms with Gasteiger partial charge in [0.25, 0.3) is 15.9 Å². The Labute approximate surface area is 135 Å². The number of amides is 1. The lowest BCUT2D eigenvalue weighted by molar-refractivity contribution is 0.0941. The van der Waals surface area contributed by atoms with Gasteiger partial charge in [-0.05, 0) is 17.5 Å². The van der Waals surface area contributed by atoms with Gasteiger partial charge < -0.3 is 4.98 Å². The average Bonchev–Trinajstić information content (AvgIpc) is 3.14. The van der Waals surface area contributed by atoms with Gasteiger partial charge in [-0.3, -0.25) is 10.2 Å². The largest absolute Gasteiger partial charge is 0.349 e. The summed E-state index contributed by atoms with van der Waals surface area (Å²) < 4.78 is 24.0. The first-order chi connectivity index (χ1) is 10.5. The van der Waals surface area contributed by atoms with Crippen LogP contribution in [0, 0.1) is 0 Å². The van der Waals surface area contributed by atoms with Gasteiger partial charge in [-0.2, -0.15) is 0 Å². The van der Waals surface area contributed by atoms with Crippen molar-refractivity contribution in [3.05, 3.63) is 52.5 Å². The molecule has 0 saturated heterocycles. The highest BCUT2D eigenvalue weighted by Crippen LogP contribution is 2.26. The monoisotopic (exact) mass is 355 g/mol. The number of hydrogen-bond acceptors (Lipinski definition) is 4. The van der Waals surface area contributed by atoms with E-state index < -0.39 is 15.9 Å². The molecule has 0 saturated carbocycles. The quantitative estimate of drug-likeness (QED) is 0.628. The van der Waals surface area contributed by atoms with Crippen molar-refractivity contribution in [2.75, 3.05) is 0 Å². The Morgan fingerprint density at radius 3 is 2.64 bits per heavy atom. The summed E-state index contributed by atoms with van der Waals surface area (Å²) in [6.45, 7) is 0. The number of para-hydroxylation sites is 1. The Morgan fingerprint density at radius 1 is 1.18 bits per heavy atom. The molecule has 0 atom stereocenters. The number of aromatic amines is 1. The minimum Gasteiger partial charge on any atom is -0.349 e. The number of aromatic nitrogens is 1. The van der Waals surface area contributed by atoms with Gasteiger partial charge in [0, 0.05) is 10.9 Å². The number of hydrazine groups is 1. The first kappa shape index (κ1) is 15.0. The van der Waals surface area contributed by atoms with E-state index in [1.807, 2.05) is 4.83 Å². The average molecular weight is 356 g/mol. The number of carbonyl (C=O) groups excluding carboxylic acids is 1. The zero-order valence-corrected chi connectivity index (χ0v) is 13.3. The highest BCUT2D eigenvalue weighted by atomic mass is 35.5. The smallest absolute Gasteiger partial charge is 0.284 e. The van der Waals surface area contributed by atoms with Gasteiger partial charge in [-0.25, -0.2) is 8.42 Å². The molecule has 1 aromatic carbocycles. The lowest BCUT2D eigenvalue weighted by atomic mass is 10.2. The van der Waals surface area contributed by atoms with Gasteiger partial charge in [0.2, 0.25) is 0 Å². The standard InChI is InChI=1S/C13H10ClN3O3S2/c14-11-8-4-1-2-5-9(8)15-12(11)13(18)16-17-22(19,20)10-6-3-7-21-10/h1-7,15,17H,(H,16,18). The van der Waals surface area contributed by atoms with Gasteiger partial charge >= 0.3 is 0 Å². The third-order valence-electron chi connectivity index (χ3n) is 2.93. The third-order valence-corrected chi connectivity index (χ3v) is 5.97. The minimum absolute atomic E-state index is 0.0942. The molecule has 6 nitrogen and oxygen atoms in total. The zero-order chi connectivity index (χ0) is 15.7. The fourth-order valence-electron chi connectivity index (χ4n) is 1.91. The van der Waals surface area contributed by atoms with Crippen LogP contribution in [0.5, 0.6) is 0 Å². The van der Waals surface area contributed by atoms with Crippen molar-refractivity contribution in [2.45, 2.75) is 4.21 Å². The number of halogens is 1. The van der Waals surface area contributed by atoms with Crippen molar-refractivity contribution in [3.8, 4) is 0 Å². The van der Waals surface area contributed by atoms with E-state index in [9.17, 15) is 13.2 Å². The van der Waals surface area contributed by atoms with Crippen molar-refractivity contribution in [2.24, 2.45) is 0 Å². The SMILES string of the molecule is O=C(NNS(=O)(=O)c1cccs1)c1[nH]c2ccccc2c1Cl. The molecule has 0 spiro atoms.